The molecule has 0 spiro atoms. The number of nitrogens with zero attached hydrogens (tertiary/aromatic N) is 4. The van der Waals surface area contributed by atoms with Gasteiger partial charge in [-0.2, -0.15) is 4.98 Å². The van der Waals surface area contributed by atoms with E-state index in [1.807, 2.05) is 31.2 Å². The number of aromatic nitrogens is 4. The van der Waals surface area contributed by atoms with E-state index in [0.29, 0.717) is 33.7 Å². The average Bonchev–Trinajstić information content (AvgIpc) is 3.36. The van der Waals surface area contributed by atoms with Crippen molar-refractivity contribution < 1.29 is 14.1 Å². The Morgan fingerprint density at radius 1 is 1.09 bits per heavy atom. The number of methoxy groups -OCH3 is 1. The first kappa shape index (κ1) is 22.0. The summed E-state index contributed by atoms with van der Waals surface area (Å²) in [5.41, 5.74) is 2.96. The van der Waals surface area contributed by atoms with Crippen LogP contribution in [0.25, 0.3) is 33.7 Å². The predicted molar refractivity (Wildman–Crippen MR) is 131 cm³/mol. The summed E-state index contributed by atoms with van der Waals surface area (Å²) in [6.07, 6.45) is 3.28. The van der Waals surface area contributed by atoms with Crippen LogP contribution in [0.5, 0.6) is 5.75 Å². The van der Waals surface area contributed by atoms with E-state index in [1.54, 1.807) is 42.7 Å². The molecule has 5 aromatic rings. The second-order valence-electron chi connectivity index (χ2n) is 7.91. The Kier molecular flexibility index (Phi) is 5.80. The Bertz CT molecular complexity index is 1590. The van der Waals surface area contributed by atoms with Crippen molar-refractivity contribution in [3.63, 3.8) is 0 Å². The SMILES string of the molecule is COc1ccc(C)cc1NC(=O)Cn1c(=O)cc(-c2nc(-c3ccncc3)no2)c2ccccc21. The van der Waals surface area contributed by atoms with Gasteiger partial charge in [-0.1, -0.05) is 29.4 Å². The van der Waals surface area contributed by atoms with E-state index < -0.39 is 0 Å². The monoisotopic (exact) mass is 467 g/mol. The summed E-state index contributed by atoms with van der Waals surface area (Å²) >= 11 is 0. The smallest absolute Gasteiger partial charge is 0.259 e. The molecule has 2 aromatic carbocycles. The van der Waals surface area contributed by atoms with Gasteiger partial charge in [0.1, 0.15) is 12.3 Å². The molecule has 0 unspecified atom stereocenters. The number of carbonyl (C=O) groups excluding carboxylic acids is 1. The van der Waals surface area contributed by atoms with Crippen LogP contribution in [-0.2, 0) is 11.3 Å². The number of rotatable bonds is 6. The van der Waals surface area contributed by atoms with Crippen LogP contribution in [0.1, 0.15) is 5.56 Å². The van der Waals surface area contributed by atoms with Crippen molar-refractivity contribution in [3.05, 3.63) is 89.0 Å². The normalized spacial score (nSPS) is 10.9. The van der Waals surface area contributed by atoms with Crippen LogP contribution >= 0.6 is 0 Å². The largest absolute Gasteiger partial charge is 0.495 e. The van der Waals surface area contributed by atoms with Crippen LogP contribution in [-0.4, -0.2) is 32.7 Å². The topological polar surface area (TPSA) is 112 Å². The molecule has 0 aliphatic carbocycles. The summed E-state index contributed by atoms with van der Waals surface area (Å²) in [5, 5.41) is 7.59. The third kappa shape index (κ3) is 4.39. The maximum absolute atomic E-state index is 13.1. The number of pyridine rings is 2. The number of nitrogens with one attached hydrogen (secondary N) is 1. The van der Waals surface area contributed by atoms with Crippen molar-refractivity contribution in [2.45, 2.75) is 13.5 Å². The van der Waals surface area contributed by atoms with Crippen LogP contribution in [0.4, 0.5) is 5.69 Å². The van der Waals surface area contributed by atoms with Gasteiger partial charge in [0.15, 0.2) is 0 Å². The lowest BCUT2D eigenvalue weighted by Gasteiger charge is -2.14. The highest BCUT2D eigenvalue weighted by Crippen LogP contribution is 2.28. The van der Waals surface area contributed by atoms with Gasteiger partial charge in [-0.05, 0) is 42.8 Å². The van der Waals surface area contributed by atoms with Gasteiger partial charge < -0.3 is 14.6 Å². The molecule has 5 rings (SSSR count). The second-order valence-corrected chi connectivity index (χ2v) is 7.91. The predicted octanol–water partition coefficient (Wildman–Crippen LogP) is 4.07. The van der Waals surface area contributed by atoms with Crippen molar-refractivity contribution in [1.82, 2.24) is 19.7 Å². The lowest BCUT2D eigenvalue weighted by atomic mass is 10.1. The molecular formula is C26H21N5O4. The number of amides is 1. The van der Waals surface area contributed by atoms with E-state index in [0.717, 1.165) is 11.1 Å². The van der Waals surface area contributed by atoms with Gasteiger partial charge >= 0.3 is 0 Å². The lowest BCUT2D eigenvalue weighted by molar-refractivity contribution is -0.116. The van der Waals surface area contributed by atoms with Crippen molar-refractivity contribution in [2.24, 2.45) is 0 Å². The van der Waals surface area contributed by atoms with Crippen molar-refractivity contribution >= 4 is 22.5 Å². The van der Waals surface area contributed by atoms with Gasteiger partial charge in [-0.3, -0.25) is 19.1 Å². The van der Waals surface area contributed by atoms with Crippen molar-refractivity contribution in [1.29, 1.82) is 0 Å². The van der Waals surface area contributed by atoms with Crippen LogP contribution in [0.3, 0.4) is 0 Å². The van der Waals surface area contributed by atoms with Crippen LogP contribution in [0, 0.1) is 6.92 Å². The Balaban J connectivity index is 1.50. The fourth-order valence-corrected chi connectivity index (χ4v) is 3.88. The number of para-hydroxylation sites is 1. The van der Waals surface area contributed by atoms with E-state index >= 15 is 0 Å². The van der Waals surface area contributed by atoms with E-state index in [9.17, 15) is 9.59 Å². The fourth-order valence-electron chi connectivity index (χ4n) is 3.88. The molecule has 1 amide bonds. The molecule has 3 heterocycles. The molecule has 0 saturated heterocycles. The third-order valence-electron chi connectivity index (χ3n) is 5.54. The molecule has 0 radical (unpaired) electrons. The molecule has 0 bridgehead atoms. The Hall–Kier alpha value is -4.79. The highest BCUT2D eigenvalue weighted by atomic mass is 16.5. The molecule has 174 valence electrons. The van der Waals surface area contributed by atoms with Crippen LogP contribution in [0.15, 0.2) is 82.4 Å². The molecule has 0 saturated carbocycles. The molecule has 1 N–H and O–H groups in total. The number of fused-ring (bicyclic) bond motifs is 1. The summed E-state index contributed by atoms with van der Waals surface area (Å²) in [7, 11) is 1.54. The van der Waals surface area contributed by atoms with Gasteiger partial charge in [-0.15, -0.1) is 0 Å². The Morgan fingerprint density at radius 2 is 1.89 bits per heavy atom. The van der Waals surface area contributed by atoms with Crippen LogP contribution in [0.2, 0.25) is 0 Å². The molecule has 35 heavy (non-hydrogen) atoms. The van der Waals surface area contributed by atoms with Gasteiger partial charge in [0.25, 0.3) is 11.4 Å². The summed E-state index contributed by atoms with van der Waals surface area (Å²) in [6, 6.07) is 17.7. The number of ether oxygens (including phenoxy) is 1. The highest BCUT2D eigenvalue weighted by molar-refractivity contribution is 5.96. The maximum atomic E-state index is 13.1. The first-order valence-corrected chi connectivity index (χ1v) is 10.8. The summed E-state index contributed by atoms with van der Waals surface area (Å²) in [5.74, 6) is 0.790. The first-order chi connectivity index (χ1) is 17.0. The fraction of sp³-hybridized carbons (Fsp3) is 0.115. The molecule has 0 aliphatic rings. The quantitative estimate of drug-likeness (QED) is 0.401. The van der Waals surface area contributed by atoms with E-state index in [1.165, 1.54) is 17.7 Å². The molecule has 3 aromatic heterocycles. The Morgan fingerprint density at radius 3 is 2.69 bits per heavy atom. The van der Waals surface area contributed by atoms with Gasteiger partial charge in [0, 0.05) is 29.4 Å². The Labute approximate surface area is 200 Å². The van der Waals surface area contributed by atoms with E-state index in [-0.39, 0.29) is 23.9 Å². The number of anilines is 1. The highest BCUT2D eigenvalue weighted by Gasteiger charge is 2.18. The van der Waals surface area contributed by atoms with Gasteiger partial charge in [0.2, 0.25) is 11.7 Å². The van der Waals surface area contributed by atoms with Gasteiger partial charge in [0.05, 0.1) is 23.9 Å². The standard InChI is InChI=1S/C26H21N5O4/c1-16-7-8-22(34-2)20(13-16)28-23(32)15-31-21-6-4-3-5-18(21)19(14-24(31)33)26-29-25(30-35-26)17-9-11-27-12-10-17/h3-14H,15H2,1-2H3,(H,28,32). The average molecular weight is 467 g/mol. The zero-order valence-electron chi connectivity index (χ0n) is 19.1. The minimum absolute atomic E-state index is 0.178. The third-order valence-corrected chi connectivity index (χ3v) is 5.54. The number of benzene rings is 2. The maximum Gasteiger partial charge on any atom is 0.259 e. The van der Waals surface area contributed by atoms with Crippen molar-refractivity contribution in [2.75, 3.05) is 12.4 Å². The molecular weight excluding hydrogens is 446 g/mol. The molecule has 9 heteroatoms. The number of aryl methyl sites for hydroxylation is 1. The summed E-state index contributed by atoms with van der Waals surface area (Å²) < 4.78 is 12.2. The first-order valence-electron chi connectivity index (χ1n) is 10.8. The summed E-state index contributed by atoms with van der Waals surface area (Å²) in [4.78, 5) is 34.5. The molecule has 9 nitrogen and oxygen atoms in total. The minimum atomic E-state index is -0.367. The summed E-state index contributed by atoms with van der Waals surface area (Å²) in [6.45, 7) is 1.74. The van der Waals surface area contributed by atoms with E-state index in [2.05, 4.69) is 20.4 Å². The zero-order chi connectivity index (χ0) is 24.4. The van der Waals surface area contributed by atoms with Crippen molar-refractivity contribution in [3.8, 4) is 28.6 Å². The number of carbonyl (C=O) groups is 1. The minimum Gasteiger partial charge on any atom is -0.495 e. The van der Waals surface area contributed by atoms with Gasteiger partial charge in [-0.25, -0.2) is 0 Å². The number of hydrogen-bond acceptors (Lipinski definition) is 7. The molecule has 0 fully saturated rings. The van der Waals surface area contributed by atoms with Crippen LogP contribution < -0.4 is 15.6 Å². The second kappa shape index (κ2) is 9.22. The van der Waals surface area contributed by atoms with E-state index in [4.69, 9.17) is 9.26 Å². The lowest BCUT2D eigenvalue weighted by Crippen LogP contribution is -2.28. The number of hydrogen-bond donors (Lipinski definition) is 1. The zero-order valence-corrected chi connectivity index (χ0v) is 19.1. The molecule has 0 aliphatic heterocycles. The molecule has 0 atom stereocenters.